The minimum atomic E-state index is 0. The molecule has 0 aromatic heterocycles. The summed E-state index contributed by atoms with van der Waals surface area (Å²) in [6, 6.07) is 6.06. The van der Waals surface area contributed by atoms with E-state index in [1.165, 1.54) is 36.8 Å². The molecule has 0 saturated heterocycles. The maximum absolute atomic E-state index is 12.2. The quantitative estimate of drug-likeness (QED) is 0.888. The van der Waals surface area contributed by atoms with Crippen LogP contribution in [0.4, 0.5) is 0 Å². The van der Waals surface area contributed by atoms with E-state index in [0.717, 1.165) is 43.5 Å². The van der Waals surface area contributed by atoms with Crippen molar-refractivity contribution in [1.82, 2.24) is 10.6 Å². The lowest BCUT2D eigenvalue weighted by Gasteiger charge is -2.26. The predicted molar refractivity (Wildman–Crippen MR) is 92.3 cm³/mol. The highest BCUT2D eigenvalue weighted by Gasteiger charge is 2.19. The molecule has 1 aliphatic heterocycles. The highest BCUT2D eigenvalue weighted by Crippen LogP contribution is 2.30. The summed E-state index contributed by atoms with van der Waals surface area (Å²) in [5.41, 5.74) is 3.39. The standard InChI is InChI=1S/C18H26N2O.ClH/c1-13-3-2-4-14(9-13)7-8-20-18(21)15-5-6-16-11-19-12-17(16)10-15;/h5-6,10,13-14,19H,2-4,7-9,11-12H2,1H3,(H,20,21);1H. The predicted octanol–water partition coefficient (Wildman–Crippen LogP) is 3.66. The van der Waals surface area contributed by atoms with Gasteiger partial charge in [0.15, 0.2) is 0 Å². The van der Waals surface area contributed by atoms with Gasteiger partial charge in [-0.25, -0.2) is 0 Å². The van der Waals surface area contributed by atoms with Crippen molar-refractivity contribution in [2.24, 2.45) is 11.8 Å². The molecule has 3 nitrogen and oxygen atoms in total. The van der Waals surface area contributed by atoms with Gasteiger partial charge in [-0.3, -0.25) is 4.79 Å². The maximum atomic E-state index is 12.2. The Labute approximate surface area is 139 Å². The minimum absolute atomic E-state index is 0. The van der Waals surface area contributed by atoms with Crippen LogP contribution in [-0.4, -0.2) is 12.5 Å². The van der Waals surface area contributed by atoms with E-state index in [2.05, 4.69) is 23.6 Å². The average Bonchev–Trinajstić information content (AvgIpc) is 2.94. The SMILES string of the molecule is CC1CCCC(CCNC(=O)c2ccc3c(c2)CNC3)C1.Cl. The molecule has 4 heteroatoms. The van der Waals surface area contributed by atoms with Crippen LogP contribution < -0.4 is 10.6 Å². The summed E-state index contributed by atoms with van der Waals surface area (Å²) < 4.78 is 0. The Balaban J connectivity index is 0.00000176. The van der Waals surface area contributed by atoms with Gasteiger partial charge in [0, 0.05) is 25.2 Å². The number of rotatable bonds is 4. The molecule has 2 aliphatic rings. The summed E-state index contributed by atoms with van der Waals surface area (Å²) in [5, 5.41) is 6.41. The molecule has 2 atom stereocenters. The van der Waals surface area contributed by atoms with Gasteiger partial charge < -0.3 is 10.6 Å². The molecule has 1 heterocycles. The monoisotopic (exact) mass is 322 g/mol. The Hall–Kier alpha value is -1.06. The van der Waals surface area contributed by atoms with E-state index in [1.807, 2.05) is 12.1 Å². The first-order valence-electron chi connectivity index (χ1n) is 8.33. The zero-order chi connectivity index (χ0) is 14.7. The number of hydrogen-bond donors (Lipinski definition) is 2. The van der Waals surface area contributed by atoms with Crippen molar-refractivity contribution < 1.29 is 4.79 Å². The van der Waals surface area contributed by atoms with Crippen LogP contribution in [0.25, 0.3) is 0 Å². The number of amides is 1. The van der Waals surface area contributed by atoms with E-state index in [-0.39, 0.29) is 18.3 Å². The van der Waals surface area contributed by atoms with E-state index in [0.29, 0.717) is 0 Å². The third kappa shape index (κ3) is 4.23. The fourth-order valence-electron chi connectivity index (χ4n) is 3.75. The zero-order valence-corrected chi connectivity index (χ0v) is 14.2. The van der Waals surface area contributed by atoms with Gasteiger partial charge in [-0.05, 0) is 47.9 Å². The normalized spacial score (nSPS) is 23.5. The van der Waals surface area contributed by atoms with E-state index >= 15 is 0 Å². The van der Waals surface area contributed by atoms with Crippen LogP contribution in [0, 0.1) is 11.8 Å². The number of benzene rings is 1. The van der Waals surface area contributed by atoms with Gasteiger partial charge in [0.25, 0.3) is 5.91 Å². The fourth-order valence-corrected chi connectivity index (χ4v) is 3.75. The maximum Gasteiger partial charge on any atom is 0.251 e. The van der Waals surface area contributed by atoms with E-state index in [1.54, 1.807) is 0 Å². The summed E-state index contributed by atoms with van der Waals surface area (Å²) in [7, 11) is 0. The van der Waals surface area contributed by atoms with E-state index in [4.69, 9.17) is 0 Å². The van der Waals surface area contributed by atoms with Crippen LogP contribution in [0.3, 0.4) is 0 Å². The van der Waals surface area contributed by atoms with Crippen molar-refractivity contribution in [2.45, 2.75) is 52.1 Å². The zero-order valence-electron chi connectivity index (χ0n) is 13.4. The number of carbonyl (C=O) groups is 1. The molecule has 3 rings (SSSR count). The molecular formula is C18H27ClN2O. The molecule has 0 spiro atoms. The topological polar surface area (TPSA) is 41.1 Å². The largest absolute Gasteiger partial charge is 0.352 e. The van der Waals surface area contributed by atoms with Crippen molar-refractivity contribution in [2.75, 3.05) is 6.54 Å². The molecule has 0 bridgehead atoms. The van der Waals surface area contributed by atoms with Gasteiger partial charge in [-0.1, -0.05) is 32.3 Å². The third-order valence-electron chi connectivity index (χ3n) is 4.98. The lowest BCUT2D eigenvalue weighted by Crippen LogP contribution is -2.27. The van der Waals surface area contributed by atoms with Crippen LogP contribution in [0.15, 0.2) is 18.2 Å². The molecule has 122 valence electrons. The molecule has 1 aliphatic carbocycles. The molecule has 1 aromatic rings. The molecule has 1 aromatic carbocycles. The smallest absolute Gasteiger partial charge is 0.251 e. The van der Waals surface area contributed by atoms with Gasteiger partial charge in [0.1, 0.15) is 0 Å². The summed E-state index contributed by atoms with van der Waals surface area (Å²) in [6.07, 6.45) is 6.54. The number of fused-ring (bicyclic) bond motifs is 1. The van der Waals surface area contributed by atoms with Gasteiger partial charge in [-0.2, -0.15) is 0 Å². The Kier molecular flexibility index (Phi) is 6.27. The average molecular weight is 323 g/mol. The summed E-state index contributed by atoms with van der Waals surface area (Å²) >= 11 is 0. The van der Waals surface area contributed by atoms with Crippen molar-refractivity contribution in [3.05, 3.63) is 34.9 Å². The molecule has 1 saturated carbocycles. The number of nitrogens with one attached hydrogen (secondary N) is 2. The molecule has 1 amide bonds. The van der Waals surface area contributed by atoms with Gasteiger partial charge in [-0.15, -0.1) is 12.4 Å². The number of carbonyl (C=O) groups excluding carboxylic acids is 1. The Morgan fingerprint density at radius 3 is 2.91 bits per heavy atom. The fraction of sp³-hybridized carbons (Fsp3) is 0.611. The van der Waals surface area contributed by atoms with Crippen LogP contribution in [0.1, 0.15) is 60.5 Å². The summed E-state index contributed by atoms with van der Waals surface area (Å²) in [6.45, 7) is 4.97. The first-order valence-corrected chi connectivity index (χ1v) is 8.33. The third-order valence-corrected chi connectivity index (χ3v) is 4.98. The van der Waals surface area contributed by atoms with E-state index < -0.39 is 0 Å². The molecule has 0 radical (unpaired) electrons. The molecular weight excluding hydrogens is 296 g/mol. The Morgan fingerprint density at radius 1 is 1.27 bits per heavy atom. The van der Waals surface area contributed by atoms with Crippen LogP contribution in [-0.2, 0) is 13.1 Å². The molecule has 22 heavy (non-hydrogen) atoms. The second-order valence-corrected chi connectivity index (χ2v) is 6.77. The van der Waals surface area contributed by atoms with Gasteiger partial charge >= 0.3 is 0 Å². The second kappa shape index (κ2) is 7.98. The van der Waals surface area contributed by atoms with Crippen molar-refractivity contribution in [3.63, 3.8) is 0 Å². The van der Waals surface area contributed by atoms with Crippen molar-refractivity contribution in [1.29, 1.82) is 0 Å². The Bertz CT molecular complexity index is 518. The van der Waals surface area contributed by atoms with Crippen molar-refractivity contribution in [3.8, 4) is 0 Å². The lowest BCUT2D eigenvalue weighted by atomic mass is 9.81. The van der Waals surface area contributed by atoms with Gasteiger partial charge in [0.2, 0.25) is 0 Å². The summed E-state index contributed by atoms with van der Waals surface area (Å²) in [5.74, 6) is 1.75. The highest BCUT2D eigenvalue weighted by atomic mass is 35.5. The van der Waals surface area contributed by atoms with Gasteiger partial charge in [0.05, 0.1) is 0 Å². The van der Waals surface area contributed by atoms with Crippen LogP contribution in [0.2, 0.25) is 0 Å². The Morgan fingerprint density at radius 2 is 2.09 bits per heavy atom. The van der Waals surface area contributed by atoms with Crippen molar-refractivity contribution >= 4 is 18.3 Å². The number of hydrogen-bond acceptors (Lipinski definition) is 2. The first-order chi connectivity index (χ1) is 10.2. The number of halogens is 1. The lowest BCUT2D eigenvalue weighted by molar-refractivity contribution is 0.0949. The highest BCUT2D eigenvalue weighted by molar-refractivity contribution is 5.94. The second-order valence-electron chi connectivity index (χ2n) is 6.77. The summed E-state index contributed by atoms with van der Waals surface area (Å²) in [4.78, 5) is 12.2. The first kappa shape index (κ1) is 17.3. The van der Waals surface area contributed by atoms with E-state index in [9.17, 15) is 4.79 Å². The molecule has 2 unspecified atom stereocenters. The van der Waals surface area contributed by atoms with Crippen LogP contribution in [0.5, 0.6) is 0 Å². The molecule has 1 fully saturated rings. The van der Waals surface area contributed by atoms with Crippen LogP contribution >= 0.6 is 12.4 Å². The molecule has 2 N–H and O–H groups in total. The minimum Gasteiger partial charge on any atom is -0.352 e.